The molecule has 0 aromatic heterocycles. The van der Waals surface area contributed by atoms with Gasteiger partial charge in [-0.15, -0.1) is 0 Å². The zero-order valence-electron chi connectivity index (χ0n) is 11.8. The Hall–Kier alpha value is -2.29. The summed E-state index contributed by atoms with van der Waals surface area (Å²) in [6, 6.07) is 16.0. The number of carboxylic acid groups (broad SMARTS) is 1. The monoisotopic (exact) mass is 269 g/mol. The molecule has 0 aliphatic rings. The van der Waals surface area contributed by atoms with Gasteiger partial charge in [-0.25, -0.2) is 0 Å². The molecule has 0 atom stereocenters. The van der Waals surface area contributed by atoms with E-state index in [1.807, 2.05) is 67.3 Å². The molecule has 2 aromatic carbocycles. The Balaban J connectivity index is 2.26. The zero-order valence-corrected chi connectivity index (χ0v) is 11.8. The van der Waals surface area contributed by atoms with Crippen molar-refractivity contribution in [2.75, 3.05) is 11.4 Å². The highest BCUT2D eigenvalue weighted by Gasteiger charge is 2.12. The van der Waals surface area contributed by atoms with E-state index in [0.29, 0.717) is 6.54 Å². The van der Waals surface area contributed by atoms with Gasteiger partial charge < -0.3 is 10.0 Å². The largest absolute Gasteiger partial charge is 0.480 e. The molecule has 0 aliphatic heterocycles. The molecule has 1 N–H and O–H groups in total. The molecule has 0 heterocycles. The maximum atomic E-state index is 11.1. The lowest BCUT2D eigenvalue weighted by Gasteiger charge is -2.24. The van der Waals surface area contributed by atoms with Crippen LogP contribution < -0.4 is 4.90 Å². The molecule has 2 aromatic rings. The van der Waals surface area contributed by atoms with Gasteiger partial charge in [-0.3, -0.25) is 4.79 Å². The van der Waals surface area contributed by atoms with Crippen LogP contribution in [0.15, 0.2) is 48.5 Å². The molecule has 0 fully saturated rings. The first-order valence-corrected chi connectivity index (χ1v) is 6.64. The van der Waals surface area contributed by atoms with Crippen LogP contribution >= 0.6 is 0 Å². The van der Waals surface area contributed by atoms with Crippen molar-refractivity contribution in [3.05, 3.63) is 65.2 Å². The minimum Gasteiger partial charge on any atom is -0.480 e. The van der Waals surface area contributed by atoms with Crippen molar-refractivity contribution < 1.29 is 9.90 Å². The normalized spacial score (nSPS) is 10.3. The van der Waals surface area contributed by atoms with E-state index in [9.17, 15) is 4.79 Å². The minimum absolute atomic E-state index is 0.00258. The lowest BCUT2D eigenvalue weighted by molar-refractivity contribution is -0.135. The van der Waals surface area contributed by atoms with Gasteiger partial charge in [0, 0.05) is 12.2 Å². The first-order chi connectivity index (χ1) is 9.56. The smallest absolute Gasteiger partial charge is 0.323 e. The summed E-state index contributed by atoms with van der Waals surface area (Å²) in [5.41, 5.74) is 4.42. The van der Waals surface area contributed by atoms with Gasteiger partial charge in [-0.1, -0.05) is 42.0 Å². The highest BCUT2D eigenvalue weighted by molar-refractivity contribution is 5.73. The fraction of sp³-hybridized carbons (Fsp3) is 0.235. The van der Waals surface area contributed by atoms with Crippen LogP contribution in [0.4, 0.5) is 5.69 Å². The van der Waals surface area contributed by atoms with Gasteiger partial charge in [0.15, 0.2) is 0 Å². The van der Waals surface area contributed by atoms with Gasteiger partial charge in [0.05, 0.1) is 0 Å². The molecule has 0 saturated carbocycles. The Bertz CT molecular complexity index is 590. The van der Waals surface area contributed by atoms with Gasteiger partial charge in [-0.2, -0.15) is 0 Å². The molecule has 0 unspecified atom stereocenters. The van der Waals surface area contributed by atoms with Crippen LogP contribution in [0, 0.1) is 13.8 Å². The Labute approximate surface area is 119 Å². The number of anilines is 1. The van der Waals surface area contributed by atoms with Gasteiger partial charge in [-0.05, 0) is 37.1 Å². The molecular formula is C17H19NO2. The Kier molecular flexibility index (Phi) is 4.41. The van der Waals surface area contributed by atoms with Crippen molar-refractivity contribution in [1.29, 1.82) is 0 Å². The fourth-order valence-electron chi connectivity index (χ4n) is 2.15. The van der Waals surface area contributed by atoms with Crippen LogP contribution in [0.1, 0.15) is 16.7 Å². The van der Waals surface area contributed by atoms with E-state index in [1.165, 1.54) is 11.1 Å². The number of carbonyl (C=O) groups is 1. The van der Waals surface area contributed by atoms with E-state index in [0.717, 1.165) is 11.3 Å². The minimum atomic E-state index is -0.820. The van der Waals surface area contributed by atoms with E-state index in [1.54, 1.807) is 0 Å². The van der Waals surface area contributed by atoms with E-state index >= 15 is 0 Å². The number of rotatable bonds is 5. The van der Waals surface area contributed by atoms with Gasteiger partial charge in [0.2, 0.25) is 0 Å². The number of carboxylic acids is 1. The number of hydrogen-bond donors (Lipinski definition) is 1. The number of aryl methyl sites for hydroxylation is 2. The second-order valence-electron chi connectivity index (χ2n) is 5.01. The summed E-state index contributed by atoms with van der Waals surface area (Å²) in [5.74, 6) is -0.820. The number of aliphatic carboxylic acids is 1. The third kappa shape index (κ3) is 3.60. The summed E-state index contributed by atoms with van der Waals surface area (Å²) in [5, 5.41) is 9.11. The van der Waals surface area contributed by atoms with Crippen LogP contribution in [0.3, 0.4) is 0 Å². The summed E-state index contributed by atoms with van der Waals surface area (Å²) < 4.78 is 0. The van der Waals surface area contributed by atoms with Crippen LogP contribution in [0.2, 0.25) is 0 Å². The average molecular weight is 269 g/mol. The molecule has 0 radical (unpaired) electrons. The van der Waals surface area contributed by atoms with Crippen LogP contribution in [-0.2, 0) is 11.3 Å². The van der Waals surface area contributed by atoms with Crippen molar-refractivity contribution in [2.45, 2.75) is 20.4 Å². The quantitative estimate of drug-likeness (QED) is 0.904. The molecule has 0 aliphatic carbocycles. The maximum absolute atomic E-state index is 11.1. The summed E-state index contributed by atoms with van der Waals surface area (Å²) >= 11 is 0. The molecule has 3 nitrogen and oxygen atoms in total. The Morgan fingerprint density at radius 3 is 2.30 bits per heavy atom. The van der Waals surface area contributed by atoms with E-state index in [2.05, 4.69) is 0 Å². The number of benzene rings is 2. The number of nitrogens with zero attached hydrogens (tertiary/aromatic N) is 1. The molecule has 104 valence electrons. The van der Waals surface area contributed by atoms with Gasteiger partial charge >= 0.3 is 5.97 Å². The van der Waals surface area contributed by atoms with E-state index in [-0.39, 0.29) is 6.54 Å². The predicted octanol–water partition coefficient (Wildman–Crippen LogP) is 3.39. The highest BCUT2D eigenvalue weighted by atomic mass is 16.4. The van der Waals surface area contributed by atoms with Crippen molar-refractivity contribution >= 4 is 11.7 Å². The van der Waals surface area contributed by atoms with E-state index in [4.69, 9.17) is 5.11 Å². The first kappa shape index (κ1) is 14.1. The lowest BCUT2D eigenvalue weighted by atomic mass is 10.1. The highest BCUT2D eigenvalue weighted by Crippen LogP contribution is 2.19. The second kappa shape index (κ2) is 6.24. The van der Waals surface area contributed by atoms with Crippen LogP contribution in [0.5, 0.6) is 0 Å². The zero-order chi connectivity index (χ0) is 14.5. The van der Waals surface area contributed by atoms with E-state index < -0.39 is 5.97 Å². The van der Waals surface area contributed by atoms with Crippen molar-refractivity contribution in [3.8, 4) is 0 Å². The molecule has 20 heavy (non-hydrogen) atoms. The molecule has 0 spiro atoms. The third-order valence-electron chi connectivity index (χ3n) is 3.35. The predicted molar refractivity (Wildman–Crippen MR) is 81.0 cm³/mol. The summed E-state index contributed by atoms with van der Waals surface area (Å²) in [7, 11) is 0. The standard InChI is InChI=1S/C17H19NO2/c1-13-7-9-16(10-8-13)18(12-17(19)20)11-15-6-4-3-5-14(15)2/h3-10H,11-12H2,1-2H3,(H,19,20). The van der Waals surface area contributed by atoms with Gasteiger partial charge in [0.25, 0.3) is 0 Å². The topological polar surface area (TPSA) is 40.5 Å². The Morgan fingerprint density at radius 1 is 1.05 bits per heavy atom. The summed E-state index contributed by atoms with van der Waals surface area (Å²) in [4.78, 5) is 13.0. The van der Waals surface area contributed by atoms with Crippen molar-refractivity contribution in [1.82, 2.24) is 0 Å². The average Bonchev–Trinajstić information content (AvgIpc) is 2.41. The lowest BCUT2D eigenvalue weighted by Crippen LogP contribution is -2.29. The molecular weight excluding hydrogens is 250 g/mol. The Morgan fingerprint density at radius 2 is 1.70 bits per heavy atom. The summed E-state index contributed by atoms with van der Waals surface area (Å²) in [6.07, 6.45) is 0. The molecule has 2 rings (SSSR count). The molecule has 3 heteroatoms. The van der Waals surface area contributed by atoms with Crippen molar-refractivity contribution in [2.24, 2.45) is 0 Å². The molecule has 0 amide bonds. The van der Waals surface area contributed by atoms with Crippen molar-refractivity contribution in [3.63, 3.8) is 0 Å². The maximum Gasteiger partial charge on any atom is 0.323 e. The molecule has 0 bridgehead atoms. The third-order valence-corrected chi connectivity index (χ3v) is 3.35. The second-order valence-corrected chi connectivity index (χ2v) is 5.01. The first-order valence-electron chi connectivity index (χ1n) is 6.64. The van der Waals surface area contributed by atoms with Crippen LogP contribution in [-0.4, -0.2) is 17.6 Å². The fourth-order valence-corrected chi connectivity index (χ4v) is 2.15. The summed E-state index contributed by atoms with van der Waals surface area (Å²) in [6.45, 7) is 4.66. The SMILES string of the molecule is Cc1ccc(N(CC(=O)O)Cc2ccccc2C)cc1. The van der Waals surface area contributed by atoms with Gasteiger partial charge in [0.1, 0.15) is 6.54 Å². The number of hydrogen-bond acceptors (Lipinski definition) is 2. The molecule has 0 saturated heterocycles. The van der Waals surface area contributed by atoms with Crippen LogP contribution in [0.25, 0.3) is 0 Å².